The van der Waals surface area contributed by atoms with Gasteiger partial charge in [0, 0.05) is 17.6 Å². The molecule has 0 atom stereocenters. The van der Waals surface area contributed by atoms with E-state index >= 15 is 0 Å². The minimum atomic E-state index is -0.182. The highest BCUT2D eigenvalue weighted by atomic mass is 16.3. The molecule has 22 heavy (non-hydrogen) atoms. The quantitative estimate of drug-likeness (QED) is 0.831. The molecule has 0 radical (unpaired) electrons. The van der Waals surface area contributed by atoms with Gasteiger partial charge in [0.1, 0.15) is 17.2 Å². The monoisotopic (exact) mass is 298 g/mol. The predicted molar refractivity (Wildman–Crippen MR) is 93.1 cm³/mol. The van der Waals surface area contributed by atoms with Gasteiger partial charge < -0.3 is 15.1 Å². The molecule has 0 bridgehead atoms. The fourth-order valence-electron chi connectivity index (χ4n) is 3.54. The lowest BCUT2D eigenvalue weighted by Gasteiger charge is -2.41. The molecule has 0 fully saturated rings. The number of nitrogen functional groups attached to an aromatic ring is 1. The van der Waals surface area contributed by atoms with Crippen molar-refractivity contribution in [1.82, 2.24) is 0 Å². The average molecular weight is 298 g/mol. The maximum atomic E-state index is 6.50. The number of fused-ring (bicyclic) bond motifs is 2. The van der Waals surface area contributed by atoms with Crippen molar-refractivity contribution in [2.24, 2.45) is 0 Å². The number of furan rings is 1. The average Bonchev–Trinajstić information content (AvgIpc) is 2.78. The van der Waals surface area contributed by atoms with Gasteiger partial charge in [0.2, 0.25) is 0 Å². The van der Waals surface area contributed by atoms with E-state index in [0.717, 1.165) is 22.9 Å². The van der Waals surface area contributed by atoms with Crippen molar-refractivity contribution in [2.75, 3.05) is 10.6 Å². The fourth-order valence-corrected chi connectivity index (χ4v) is 3.54. The summed E-state index contributed by atoms with van der Waals surface area (Å²) in [5.41, 5.74) is 10.7. The van der Waals surface area contributed by atoms with E-state index in [9.17, 15) is 0 Å². The molecule has 0 spiro atoms. The highest BCUT2D eigenvalue weighted by Gasteiger charge is 2.42. The van der Waals surface area contributed by atoms with E-state index < -0.39 is 0 Å². The summed E-state index contributed by atoms with van der Waals surface area (Å²) in [6.07, 6.45) is 0. The Hall–Kier alpha value is -1.90. The highest BCUT2D eigenvalue weighted by Crippen LogP contribution is 2.54. The van der Waals surface area contributed by atoms with E-state index in [1.807, 2.05) is 0 Å². The largest absolute Gasteiger partial charge is 0.460 e. The summed E-state index contributed by atoms with van der Waals surface area (Å²) in [6, 6.07) is 8.88. The van der Waals surface area contributed by atoms with Crippen LogP contribution in [0, 0.1) is 0 Å². The van der Waals surface area contributed by atoms with Crippen LogP contribution in [0.2, 0.25) is 0 Å². The van der Waals surface area contributed by atoms with Crippen LogP contribution in [-0.2, 0) is 5.41 Å². The summed E-state index contributed by atoms with van der Waals surface area (Å²) in [4.78, 5) is 2.32. The second kappa shape index (κ2) is 4.80. The first-order valence-electron chi connectivity index (χ1n) is 8.08. The van der Waals surface area contributed by atoms with E-state index in [2.05, 4.69) is 70.7 Å². The number of rotatable bonds is 2. The van der Waals surface area contributed by atoms with Crippen molar-refractivity contribution in [1.29, 1.82) is 0 Å². The van der Waals surface area contributed by atoms with Crippen LogP contribution >= 0.6 is 0 Å². The van der Waals surface area contributed by atoms with Gasteiger partial charge in [-0.3, -0.25) is 0 Å². The number of nitrogens with zero attached hydrogens (tertiary/aromatic N) is 1. The number of para-hydroxylation sites is 1. The molecule has 1 aromatic heterocycles. The van der Waals surface area contributed by atoms with Crippen LogP contribution in [-0.4, -0.2) is 6.04 Å². The molecule has 2 aromatic rings. The molecule has 0 amide bonds. The summed E-state index contributed by atoms with van der Waals surface area (Å²) in [5, 5.41) is 0. The van der Waals surface area contributed by atoms with Gasteiger partial charge in [-0.15, -0.1) is 0 Å². The predicted octanol–water partition coefficient (Wildman–Crippen LogP) is 5.17. The highest BCUT2D eigenvalue weighted by molar-refractivity contribution is 5.85. The molecule has 2 N–H and O–H groups in total. The lowest BCUT2D eigenvalue weighted by molar-refractivity contribution is 0.389. The summed E-state index contributed by atoms with van der Waals surface area (Å²) in [6.45, 7) is 13.1. The summed E-state index contributed by atoms with van der Waals surface area (Å²) >= 11 is 0. The molecule has 1 aliphatic rings. The topological polar surface area (TPSA) is 42.4 Å². The normalized spacial score (nSPS) is 16.1. The van der Waals surface area contributed by atoms with Gasteiger partial charge in [-0.25, -0.2) is 0 Å². The molecule has 118 valence electrons. The molecule has 0 aliphatic carbocycles. The molecule has 3 heteroatoms. The Labute approximate surface area is 133 Å². The second-order valence-electron chi connectivity index (χ2n) is 7.32. The van der Waals surface area contributed by atoms with Crippen LogP contribution in [0.1, 0.15) is 64.5 Å². The minimum Gasteiger partial charge on any atom is -0.460 e. The molecular formula is C19H26N2O. The zero-order valence-corrected chi connectivity index (χ0v) is 14.4. The van der Waals surface area contributed by atoms with Crippen molar-refractivity contribution in [3.63, 3.8) is 0 Å². The Bertz CT molecular complexity index is 710. The van der Waals surface area contributed by atoms with Crippen molar-refractivity contribution in [2.45, 2.75) is 58.9 Å². The number of hydrogen-bond donors (Lipinski definition) is 1. The molecule has 3 rings (SSSR count). The van der Waals surface area contributed by atoms with Crippen molar-refractivity contribution in [3.05, 3.63) is 41.3 Å². The van der Waals surface area contributed by atoms with Crippen LogP contribution < -0.4 is 10.6 Å². The number of benzene rings is 1. The van der Waals surface area contributed by atoms with Gasteiger partial charge >= 0.3 is 0 Å². The molecule has 0 saturated heterocycles. The molecular weight excluding hydrogens is 272 g/mol. The Morgan fingerprint density at radius 1 is 1.09 bits per heavy atom. The maximum absolute atomic E-state index is 6.50. The SMILES string of the molecule is CC(C)c1oc2c(c1N)N(C(C)C)c1ccccc1C2(C)C. The van der Waals surface area contributed by atoms with E-state index in [1.54, 1.807) is 0 Å². The van der Waals surface area contributed by atoms with E-state index in [-0.39, 0.29) is 11.3 Å². The van der Waals surface area contributed by atoms with E-state index in [4.69, 9.17) is 10.2 Å². The fraction of sp³-hybridized carbons (Fsp3) is 0.474. The molecule has 0 saturated carbocycles. The van der Waals surface area contributed by atoms with Gasteiger partial charge in [0.25, 0.3) is 0 Å². The smallest absolute Gasteiger partial charge is 0.140 e. The number of anilines is 3. The third-order valence-electron chi connectivity index (χ3n) is 4.63. The summed E-state index contributed by atoms with van der Waals surface area (Å²) in [7, 11) is 0. The van der Waals surface area contributed by atoms with Crippen molar-refractivity contribution < 1.29 is 4.42 Å². The second-order valence-corrected chi connectivity index (χ2v) is 7.32. The Balaban J connectivity index is 2.36. The lowest BCUT2D eigenvalue weighted by Crippen LogP contribution is -2.36. The summed E-state index contributed by atoms with van der Waals surface area (Å²) < 4.78 is 6.28. The van der Waals surface area contributed by atoms with E-state index in [1.165, 1.54) is 11.3 Å². The van der Waals surface area contributed by atoms with Gasteiger partial charge in [0.05, 0.1) is 11.1 Å². The molecule has 1 aromatic carbocycles. The molecule has 3 nitrogen and oxygen atoms in total. The van der Waals surface area contributed by atoms with Gasteiger partial charge in [0.15, 0.2) is 0 Å². The maximum Gasteiger partial charge on any atom is 0.140 e. The third-order valence-corrected chi connectivity index (χ3v) is 4.63. The minimum absolute atomic E-state index is 0.182. The molecule has 2 heterocycles. The van der Waals surface area contributed by atoms with Crippen LogP contribution in [0.15, 0.2) is 28.7 Å². The first-order chi connectivity index (χ1) is 10.3. The Morgan fingerprint density at radius 3 is 2.32 bits per heavy atom. The van der Waals surface area contributed by atoms with Gasteiger partial charge in [-0.2, -0.15) is 0 Å². The van der Waals surface area contributed by atoms with Crippen LogP contribution in [0.4, 0.5) is 17.1 Å². The van der Waals surface area contributed by atoms with Gasteiger partial charge in [-0.05, 0) is 39.3 Å². The van der Waals surface area contributed by atoms with Crippen molar-refractivity contribution in [3.8, 4) is 0 Å². The van der Waals surface area contributed by atoms with E-state index in [0.29, 0.717) is 6.04 Å². The lowest BCUT2D eigenvalue weighted by atomic mass is 9.77. The van der Waals surface area contributed by atoms with Crippen LogP contribution in [0.25, 0.3) is 0 Å². The van der Waals surface area contributed by atoms with Crippen LogP contribution in [0.5, 0.6) is 0 Å². The first kappa shape index (κ1) is 15.0. The van der Waals surface area contributed by atoms with Gasteiger partial charge in [-0.1, -0.05) is 32.0 Å². The zero-order valence-electron chi connectivity index (χ0n) is 14.4. The molecule has 1 aliphatic heterocycles. The Kier molecular flexibility index (Phi) is 3.28. The summed E-state index contributed by atoms with van der Waals surface area (Å²) in [5.74, 6) is 2.16. The number of hydrogen-bond acceptors (Lipinski definition) is 3. The third kappa shape index (κ3) is 1.88. The zero-order chi connectivity index (χ0) is 16.2. The first-order valence-corrected chi connectivity index (χ1v) is 8.08. The van der Waals surface area contributed by atoms with Crippen molar-refractivity contribution >= 4 is 17.1 Å². The van der Waals surface area contributed by atoms with Crippen LogP contribution in [0.3, 0.4) is 0 Å². The standard InChI is InChI=1S/C19H26N2O/c1-11(2)17-15(20)16-18(22-17)19(5,6)13-9-7-8-10-14(13)21(16)12(3)4/h7-12H,20H2,1-6H3. The Morgan fingerprint density at radius 2 is 1.73 bits per heavy atom. The number of nitrogens with two attached hydrogens (primary N) is 1. The molecule has 0 unspecified atom stereocenters.